The second-order valence-electron chi connectivity index (χ2n) is 9.13. The Morgan fingerprint density at radius 1 is 1.29 bits per heavy atom. The summed E-state index contributed by atoms with van der Waals surface area (Å²) >= 11 is 0. The lowest BCUT2D eigenvalue weighted by Gasteiger charge is -2.22. The molecule has 2 aromatic rings. The van der Waals surface area contributed by atoms with Gasteiger partial charge >= 0.3 is 10.2 Å². The standard InChI is InChI=1S/C23H31N5O6S/c1-5-15-12-23(15,22(30)27-35(31,32)28(2)3)26-20(29)19-11-17(13-25-19)34-21-18-7-6-16(33-4)10-14(18)8-9-24-21/h6-10,15,17,19,25H,5,11-13H2,1-4H3,(H,26,29)(H,27,30)/t15-,17?,19+,23-/m1/s1. The average molecular weight is 506 g/mol. The number of amides is 2. The zero-order chi connectivity index (χ0) is 25.4. The van der Waals surface area contributed by atoms with E-state index in [0.717, 1.165) is 20.8 Å². The Bertz CT molecular complexity index is 1240. The van der Waals surface area contributed by atoms with Gasteiger partial charge in [0, 0.05) is 38.6 Å². The van der Waals surface area contributed by atoms with E-state index in [1.165, 1.54) is 14.1 Å². The van der Waals surface area contributed by atoms with Crippen LogP contribution in [0.5, 0.6) is 11.6 Å². The number of methoxy groups -OCH3 is 1. The van der Waals surface area contributed by atoms with Gasteiger partial charge in [0.05, 0.1) is 13.2 Å². The number of fused-ring (bicyclic) bond motifs is 1. The molecule has 4 rings (SSSR count). The molecule has 1 aromatic heterocycles. The van der Waals surface area contributed by atoms with Crippen LogP contribution in [-0.4, -0.2) is 75.0 Å². The molecule has 11 nitrogen and oxygen atoms in total. The van der Waals surface area contributed by atoms with Crippen LogP contribution >= 0.6 is 0 Å². The first-order valence-corrected chi connectivity index (χ1v) is 12.9. The van der Waals surface area contributed by atoms with E-state index in [4.69, 9.17) is 9.47 Å². The number of nitrogens with one attached hydrogen (secondary N) is 3. The predicted molar refractivity (Wildman–Crippen MR) is 129 cm³/mol. The molecule has 0 spiro atoms. The number of carbonyl (C=O) groups excluding carboxylic acids is 2. The van der Waals surface area contributed by atoms with E-state index in [2.05, 4.69) is 20.3 Å². The molecule has 2 heterocycles. The van der Waals surface area contributed by atoms with Gasteiger partial charge in [-0.05, 0) is 42.0 Å². The topological polar surface area (TPSA) is 139 Å². The van der Waals surface area contributed by atoms with E-state index in [-0.39, 0.29) is 17.9 Å². The molecule has 0 radical (unpaired) electrons. The van der Waals surface area contributed by atoms with Gasteiger partial charge < -0.3 is 20.1 Å². The third-order valence-corrected chi connectivity index (χ3v) is 8.08. The summed E-state index contributed by atoms with van der Waals surface area (Å²) in [6, 6.07) is 6.90. The van der Waals surface area contributed by atoms with Gasteiger partial charge in [-0.1, -0.05) is 13.3 Å². The molecule has 35 heavy (non-hydrogen) atoms. The second kappa shape index (κ2) is 9.59. The number of carbonyl (C=O) groups is 2. The molecular formula is C23H31N5O6S. The number of benzene rings is 1. The van der Waals surface area contributed by atoms with Crippen LogP contribution in [0.2, 0.25) is 0 Å². The number of nitrogens with zero attached hydrogens (tertiary/aromatic N) is 2. The average Bonchev–Trinajstić information content (AvgIpc) is 3.34. The highest BCUT2D eigenvalue weighted by molar-refractivity contribution is 7.87. The highest BCUT2D eigenvalue weighted by Gasteiger charge is 2.61. The van der Waals surface area contributed by atoms with Crippen molar-refractivity contribution >= 4 is 32.8 Å². The van der Waals surface area contributed by atoms with Crippen molar-refractivity contribution in [1.82, 2.24) is 24.6 Å². The van der Waals surface area contributed by atoms with Gasteiger partial charge in [-0.3, -0.25) is 9.59 Å². The normalized spacial score (nSPS) is 25.9. The lowest BCUT2D eigenvalue weighted by Crippen LogP contribution is -2.56. The first kappa shape index (κ1) is 25.1. The number of hydrogen-bond donors (Lipinski definition) is 3. The molecule has 1 aliphatic heterocycles. The van der Waals surface area contributed by atoms with E-state index in [0.29, 0.717) is 31.7 Å². The molecule has 1 aliphatic carbocycles. The Morgan fingerprint density at radius 3 is 2.71 bits per heavy atom. The summed E-state index contributed by atoms with van der Waals surface area (Å²) in [4.78, 5) is 30.2. The second-order valence-corrected chi connectivity index (χ2v) is 11.0. The molecule has 1 aromatic carbocycles. The number of pyridine rings is 1. The molecule has 2 amide bonds. The minimum absolute atomic E-state index is 0.130. The smallest absolute Gasteiger partial charge is 0.303 e. The van der Waals surface area contributed by atoms with Crippen molar-refractivity contribution in [1.29, 1.82) is 0 Å². The van der Waals surface area contributed by atoms with Crippen LogP contribution in [0.25, 0.3) is 10.8 Å². The molecule has 3 N–H and O–H groups in total. The Hall–Kier alpha value is -2.96. The van der Waals surface area contributed by atoms with Crippen molar-refractivity contribution in [3.05, 3.63) is 30.5 Å². The Morgan fingerprint density at radius 2 is 2.06 bits per heavy atom. The maximum absolute atomic E-state index is 13.0. The summed E-state index contributed by atoms with van der Waals surface area (Å²) < 4.78 is 38.6. The van der Waals surface area contributed by atoms with Gasteiger partial charge in [0.1, 0.15) is 17.4 Å². The molecule has 190 valence electrons. The fourth-order valence-corrected chi connectivity index (χ4v) is 5.02. The Balaban J connectivity index is 1.41. The van der Waals surface area contributed by atoms with Crippen molar-refractivity contribution < 1.29 is 27.5 Å². The van der Waals surface area contributed by atoms with Gasteiger partial charge in [-0.15, -0.1) is 0 Å². The van der Waals surface area contributed by atoms with Gasteiger partial charge in [0.15, 0.2) is 0 Å². The van der Waals surface area contributed by atoms with Crippen LogP contribution in [0.1, 0.15) is 26.2 Å². The zero-order valence-corrected chi connectivity index (χ0v) is 21.0. The molecule has 4 atom stereocenters. The third kappa shape index (κ3) is 5.04. The summed E-state index contributed by atoms with van der Waals surface area (Å²) in [5, 5.41) is 7.72. The van der Waals surface area contributed by atoms with E-state index in [9.17, 15) is 18.0 Å². The molecule has 0 bridgehead atoms. The summed E-state index contributed by atoms with van der Waals surface area (Å²) in [6.07, 6.45) is 2.76. The minimum Gasteiger partial charge on any atom is -0.497 e. The van der Waals surface area contributed by atoms with Crippen molar-refractivity contribution in [3.63, 3.8) is 0 Å². The largest absolute Gasteiger partial charge is 0.497 e. The van der Waals surface area contributed by atoms with Crippen LogP contribution in [-0.2, 0) is 19.8 Å². The van der Waals surface area contributed by atoms with Gasteiger partial charge in [0.2, 0.25) is 11.8 Å². The fraction of sp³-hybridized carbons (Fsp3) is 0.522. The SMILES string of the molecule is CC[C@@H]1C[C@]1(NC(=O)[C@@H]1CC(Oc2nccc3cc(OC)ccc23)CN1)C(=O)NS(=O)(=O)N(C)C. The van der Waals surface area contributed by atoms with E-state index in [1.807, 2.05) is 31.2 Å². The predicted octanol–water partition coefficient (Wildman–Crippen LogP) is 0.560. The Labute approximate surface area is 204 Å². The molecule has 12 heteroatoms. The maximum atomic E-state index is 13.0. The number of ether oxygens (including phenoxy) is 2. The molecule has 1 saturated heterocycles. The first-order chi connectivity index (χ1) is 16.6. The summed E-state index contributed by atoms with van der Waals surface area (Å²) in [7, 11) is 0.301. The molecule has 2 fully saturated rings. The van der Waals surface area contributed by atoms with Gasteiger partial charge in [-0.25, -0.2) is 9.71 Å². The number of rotatable bonds is 9. The maximum Gasteiger partial charge on any atom is 0.303 e. The van der Waals surface area contributed by atoms with Crippen LogP contribution < -0.4 is 24.8 Å². The van der Waals surface area contributed by atoms with Crippen molar-refractivity contribution in [2.24, 2.45) is 5.92 Å². The molecular weight excluding hydrogens is 474 g/mol. The molecule has 1 unspecified atom stereocenters. The summed E-state index contributed by atoms with van der Waals surface area (Å²) in [5.41, 5.74) is -1.23. The minimum atomic E-state index is -3.96. The highest BCUT2D eigenvalue weighted by atomic mass is 32.2. The van der Waals surface area contributed by atoms with Gasteiger partial charge in [-0.2, -0.15) is 12.7 Å². The number of hydrogen-bond acceptors (Lipinski definition) is 8. The van der Waals surface area contributed by atoms with E-state index < -0.39 is 27.7 Å². The van der Waals surface area contributed by atoms with Crippen LogP contribution in [0, 0.1) is 5.92 Å². The fourth-order valence-electron chi connectivity index (χ4n) is 4.42. The summed E-state index contributed by atoms with van der Waals surface area (Å²) in [5.74, 6) is -0.00602. The van der Waals surface area contributed by atoms with E-state index in [1.54, 1.807) is 13.3 Å². The quantitative estimate of drug-likeness (QED) is 0.449. The lowest BCUT2D eigenvalue weighted by molar-refractivity contribution is -0.130. The third-order valence-electron chi connectivity index (χ3n) is 6.67. The van der Waals surface area contributed by atoms with Gasteiger partial charge in [0.25, 0.3) is 5.91 Å². The van der Waals surface area contributed by atoms with Crippen LogP contribution in [0.15, 0.2) is 30.5 Å². The highest BCUT2D eigenvalue weighted by Crippen LogP contribution is 2.46. The van der Waals surface area contributed by atoms with E-state index >= 15 is 0 Å². The lowest BCUT2D eigenvalue weighted by atomic mass is 10.1. The van der Waals surface area contributed by atoms with Crippen molar-refractivity contribution in [2.45, 2.75) is 43.9 Å². The first-order valence-electron chi connectivity index (χ1n) is 11.5. The van der Waals surface area contributed by atoms with Crippen molar-refractivity contribution in [2.75, 3.05) is 27.7 Å². The van der Waals surface area contributed by atoms with Crippen LogP contribution in [0.4, 0.5) is 0 Å². The monoisotopic (exact) mass is 505 g/mol. The molecule has 1 saturated carbocycles. The Kier molecular flexibility index (Phi) is 6.89. The van der Waals surface area contributed by atoms with Crippen molar-refractivity contribution in [3.8, 4) is 11.6 Å². The number of aromatic nitrogens is 1. The summed E-state index contributed by atoms with van der Waals surface area (Å²) in [6.45, 7) is 2.33. The zero-order valence-electron chi connectivity index (χ0n) is 20.2. The van der Waals surface area contributed by atoms with Crippen LogP contribution in [0.3, 0.4) is 0 Å². The molecule has 2 aliphatic rings.